The van der Waals surface area contributed by atoms with Gasteiger partial charge < -0.3 is 9.80 Å². The number of fused-ring (bicyclic) bond motifs is 1. The number of hydrogen-bond acceptors (Lipinski definition) is 8. The predicted molar refractivity (Wildman–Crippen MR) is 117 cm³/mol. The molecule has 6 nitrogen and oxygen atoms in total. The summed E-state index contributed by atoms with van der Waals surface area (Å²) in [5, 5.41) is 3.28. The van der Waals surface area contributed by atoms with Crippen molar-refractivity contribution in [3.63, 3.8) is 0 Å². The zero-order valence-corrected chi connectivity index (χ0v) is 17.4. The van der Waals surface area contributed by atoms with Gasteiger partial charge in [0.1, 0.15) is 10.6 Å². The second kappa shape index (κ2) is 7.10. The van der Waals surface area contributed by atoms with Crippen LogP contribution in [0.2, 0.25) is 0 Å². The second-order valence-electron chi connectivity index (χ2n) is 6.83. The Morgan fingerprint density at radius 3 is 2.39 bits per heavy atom. The third-order valence-electron chi connectivity index (χ3n) is 5.17. The van der Waals surface area contributed by atoms with Gasteiger partial charge in [0, 0.05) is 43.4 Å². The number of rotatable bonds is 3. The maximum Gasteiger partial charge on any atom is 0.225 e. The summed E-state index contributed by atoms with van der Waals surface area (Å²) in [7, 11) is 0. The molecule has 8 heteroatoms. The van der Waals surface area contributed by atoms with Gasteiger partial charge in [-0.15, -0.1) is 22.7 Å². The van der Waals surface area contributed by atoms with E-state index in [2.05, 4.69) is 51.1 Å². The Balaban J connectivity index is 1.51. The molecule has 0 bridgehead atoms. The maximum atomic E-state index is 5.02. The molecule has 4 aromatic heterocycles. The van der Waals surface area contributed by atoms with Gasteiger partial charge in [-0.2, -0.15) is 0 Å². The van der Waals surface area contributed by atoms with Crippen LogP contribution in [-0.2, 0) is 0 Å². The van der Waals surface area contributed by atoms with E-state index in [1.54, 1.807) is 35.1 Å². The van der Waals surface area contributed by atoms with Gasteiger partial charge in [-0.3, -0.25) is 0 Å². The molecule has 1 aliphatic rings. The smallest absolute Gasteiger partial charge is 0.225 e. The van der Waals surface area contributed by atoms with Crippen LogP contribution in [0.3, 0.4) is 0 Å². The summed E-state index contributed by atoms with van der Waals surface area (Å²) in [4.78, 5) is 26.8. The first kappa shape index (κ1) is 17.5. The van der Waals surface area contributed by atoms with Crippen LogP contribution in [0.25, 0.3) is 20.9 Å². The van der Waals surface area contributed by atoms with Gasteiger partial charge in [-0.1, -0.05) is 6.07 Å². The average molecular weight is 409 g/mol. The standard InChI is InChI=1S/C20H20N6S2/c1-13-14(2)28-19-16(13)18(23-17(24-19)15-5-3-12-27-15)25-8-10-26(11-9-25)20-21-6-4-7-22-20/h3-7,12H,8-11H2,1-2H3. The van der Waals surface area contributed by atoms with Crippen molar-refractivity contribution >= 4 is 44.7 Å². The number of hydrogen-bond donors (Lipinski definition) is 0. The minimum absolute atomic E-state index is 0.803. The van der Waals surface area contributed by atoms with Crippen LogP contribution in [0.1, 0.15) is 10.4 Å². The molecular weight excluding hydrogens is 388 g/mol. The SMILES string of the molecule is Cc1sc2nc(-c3cccs3)nc(N3CCN(c4ncccn4)CC3)c2c1C. The molecule has 0 unspecified atom stereocenters. The third-order valence-corrected chi connectivity index (χ3v) is 7.13. The lowest BCUT2D eigenvalue weighted by Gasteiger charge is -2.35. The Morgan fingerprint density at radius 2 is 1.68 bits per heavy atom. The molecule has 1 aliphatic heterocycles. The summed E-state index contributed by atoms with van der Waals surface area (Å²) in [6, 6.07) is 6.00. The fourth-order valence-corrected chi connectivity index (χ4v) is 5.23. The molecule has 1 saturated heterocycles. The summed E-state index contributed by atoms with van der Waals surface area (Å²) in [6.07, 6.45) is 3.60. The molecule has 5 heterocycles. The van der Waals surface area contributed by atoms with E-state index in [1.807, 2.05) is 6.07 Å². The normalized spacial score (nSPS) is 14.8. The Kier molecular flexibility index (Phi) is 4.44. The highest BCUT2D eigenvalue weighted by Gasteiger charge is 2.24. The number of aryl methyl sites for hydroxylation is 2. The van der Waals surface area contributed by atoms with Gasteiger partial charge in [-0.05, 0) is 36.9 Å². The number of nitrogens with zero attached hydrogens (tertiary/aromatic N) is 6. The van der Waals surface area contributed by atoms with Crippen molar-refractivity contribution in [2.75, 3.05) is 36.0 Å². The molecule has 0 amide bonds. The van der Waals surface area contributed by atoms with E-state index in [9.17, 15) is 0 Å². The summed E-state index contributed by atoms with van der Waals surface area (Å²) < 4.78 is 0. The summed E-state index contributed by atoms with van der Waals surface area (Å²) in [6.45, 7) is 7.89. The average Bonchev–Trinajstić information content (AvgIpc) is 3.37. The molecule has 5 rings (SSSR count). The van der Waals surface area contributed by atoms with Crippen molar-refractivity contribution in [3.8, 4) is 10.7 Å². The van der Waals surface area contributed by atoms with Crippen LogP contribution in [0, 0.1) is 13.8 Å². The summed E-state index contributed by atoms with van der Waals surface area (Å²) in [5.74, 6) is 2.69. The van der Waals surface area contributed by atoms with E-state index in [0.717, 1.165) is 53.5 Å². The third kappa shape index (κ3) is 3.02. The molecule has 0 spiro atoms. The fourth-order valence-electron chi connectivity index (χ4n) is 3.55. The first-order chi connectivity index (χ1) is 13.7. The molecule has 0 radical (unpaired) electrons. The van der Waals surface area contributed by atoms with Gasteiger partial charge in [0.15, 0.2) is 5.82 Å². The molecule has 0 aliphatic carbocycles. The number of thiophene rings is 2. The highest BCUT2D eigenvalue weighted by molar-refractivity contribution is 7.19. The van der Waals surface area contributed by atoms with Crippen molar-refractivity contribution in [1.29, 1.82) is 0 Å². The lowest BCUT2D eigenvalue weighted by Crippen LogP contribution is -2.47. The molecule has 4 aromatic rings. The quantitative estimate of drug-likeness (QED) is 0.507. The van der Waals surface area contributed by atoms with Gasteiger partial charge in [0.05, 0.1) is 10.3 Å². The van der Waals surface area contributed by atoms with Gasteiger partial charge >= 0.3 is 0 Å². The highest BCUT2D eigenvalue weighted by atomic mass is 32.1. The van der Waals surface area contributed by atoms with Crippen LogP contribution in [0.4, 0.5) is 11.8 Å². The van der Waals surface area contributed by atoms with Crippen molar-refractivity contribution in [2.45, 2.75) is 13.8 Å². The largest absolute Gasteiger partial charge is 0.352 e. The molecule has 0 atom stereocenters. The monoisotopic (exact) mass is 408 g/mol. The van der Waals surface area contributed by atoms with E-state index >= 15 is 0 Å². The molecule has 0 saturated carbocycles. The van der Waals surface area contributed by atoms with Gasteiger partial charge in [-0.25, -0.2) is 19.9 Å². The van der Waals surface area contributed by atoms with Crippen molar-refractivity contribution in [1.82, 2.24) is 19.9 Å². The molecule has 0 N–H and O–H groups in total. The van der Waals surface area contributed by atoms with Crippen molar-refractivity contribution < 1.29 is 0 Å². The molecule has 0 aromatic carbocycles. The van der Waals surface area contributed by atoms with E-state index in [4.69, 9.17) is 9.97 Å². The summed E-state index contributed by atoms with van der Waals surface area (Å²) in [5.41, 5.74) is 1.29. The zero-order chi connectivity index (χ0) is 19.1. The maximum absolute atomic E-state index is 5.02. The fraction of sp³-hybridized carbons (Fsp3) is 0.300. The van der Waals surface area contributed by atoms with Crippen LogP contribution in [0.15, 0.2) is 36.0 Å². The minimum atomic E-state index is 0.803. The van der Waals surface area contributed by atoms with E-state index < -0.39 is 0 Å². The van der Waals surface area contributed by atoms with E-state index in [0.29, 0.717) is 0 Å². The topological polar surface area (TPSA) is 58.0 Å². The number of piperazine rings is 1. The highest BCUT2D eigenvalue weighted by Crippen LogP contribution is 2.37. The Hall–Kier alpha value is -2.58. The Morgan fingerprint density at radius 1 is 0.929 bits per heavy atom. The first-order valence-electron chi connectivity index (χ1n) is 9.29. The van der Waals surface area contributed by atoms with E-state index in [1.165, 1.54) is 15.8 Å². The van der Waals surface area contributed by atoms with Crippen LogP contribution < -0.4 is 9.80 Å². The predicted octanol–water partition coefficient (Wildman–Crippen LogP) is 4.15. The van der Waals surface area contributed by atoms with Crippen molar-refractivity contribution in [2.24, 2.45) is 0 Å². The second-order valence-corrected chi connectivity index (χ2v) is 8.99. The molecular formula is C20H20N6S2. The van der Waals surface area contributed by atoms with Crippen LogP contribution in [-0.4, -0.2) is 46.1 Å². The Bertz CT molecular complexity index is 1100. The summed E-state index contributed by atoms with van der Waals surface area (Å²) >= 11 is 3.45. The van der Waals surface area contributed by atoms with Gasteiger partial charge in [0.25, 0.3) is 0 Å². The first-order valence-corrected chi connectivity index (χ1v) is 11.0. The number of anilines is 2. The molecule has 28 heavy (non-hydrogen) atoms. The minimum Gasteiger partial charge on any atom is -0.352 e. The molecule has 142 valence electrons. The lowest BCUT2D eigenvalue weighted by atomic mass is 10.2. The Labute approximate surface area is 171 Å². The zero-order valence-electron chi connectivity index (χ0n) is 15.8. The lowest BCUT2D eigenvalue weighted by molar-refractivity contribution is 0.636. The molecule has 1 fully saturated rings. The van der Waals surface area contributed by atoms with Gasteiger partial charge in [0.2, 0.25) is 5.95 Å². The number of aromatic nitrogens is 4. The van der Waals surface area contributed by atoms with Crippen molar-refractivity contribution in [3.05, 3.63) is 46.4 Å². The van der Waals surface area contributed by atoms with E-state index in [-0.39, 0.29) is 0 Å². The van der Waals surface area contributed by atoms with Crippen LogP contribution in [0.5, 0.6) is 0 Å². The van der Waals surface area contributed by atoms with Crippen LogP contribution >= 0.6 is 22.7 Å².